The van der Waals surface area contributed by atoms with Gasteiger partial charge in [-0.2, -0.15) is 0 Å². The van der Waals surface area contributed by atoms with Gasteiger partial charge in [0, 0.05) is 25.6 Å². The highest BCUT2D eigenvalue weighted by Crippen LogP contribution is 2.37. The second-order valence-corrected chi connectivity index (χ2v) is 8.86. The van der Waals surface area contributed by atoms with E-state index in [0.29, 0.717) is 25.8 Å². The molecule has 1 aromatic carbocycles. The zero-order valence-electron chi connectivity index (χ0n) is 18.6. The highest BCUT2D eigenvalue weighted by atomic mass is 16.5. The van der Waals surface area contributed by atoms with Crippen molar-refractivity contribution in [1.29, 1.82) is 0 Å². The lowest BCUT2D eigenvalue weighted by Gasteiger charge is -2.41. The average molecular weight is 426 g/mol. The van der Waals surface area contributed by atoms with Crippen molar-refractivity contribution >= 4 is 23.7 Å². The minimum atomic E-state index is -0.816. The summed E-state index contributed by atoms with van der Waals surface area (Å²) in [5, 5.41) is 0. The first-order chi connectivity index (χ1) is 14.7. The largest absolute Gasteiger partial charge is 0.481 e. The number of likely N-dealkylation sites (tertiary alicyclic amines) is 1. The van der Waals surface area contributed by atoms with E-state index < -0.39 is 11.0 Å². The number of hydrogen-bond acceptors (Lipinski definition) is 5. The van der Waals surface area contributed by atoms with Crippen LogP contribution in [0.3, 0.4) is 0 Å². The zero-order valence-corrected chi connectivity index (χ0v) is 18.6. The fourth-order valence-corrected chi connectivity index (χ4v) is 4.23. The molecule has 0 radical (unpaired) electrons. The maximum atomic E-state index is 13.2. The number of ketones is 1. The molecule has 0 aliphatic carbocycles. The minimum Gasteiger partial charge on any atom is -0.481 e. The highest BCUT2D eigenvalue weighted by Gasteiger charge is 2.45. The Kier molecular flexibility index (Phi) is 6.98. The number of amides is 1. The summed E-state index contributed by atoms with van der Waals surface area (Å²) in [5.74, 6) is -0.707. The van der Waals surface area contributed by atoms with E-state index in [4.69, 9.17) is 9.47 Å². The van der Waals surface area contributed by atoms with Crippen LogP contribution in [-0.2, 0) is 23.9 Å². The number of esters is 1. The van der Waals surface area contributed by atoms with Crippen LogP contribution in [0.1, 0.15) is 52.0 Å². The van der Waals surface area contributed by atoms with E-state index >= 15 is 0 Å². The predicted molar refractivity (Wildman–Crippen MR) is 118 cm³/mol. The van der Waals surface area contributed by atoms with Crippen LogP contribution in [0.5, 0.6) is 0 Å². The molecule has 0 aromatic heterocycles. The molecule has 6 nitrogen and oxygen atoms in total. The lowest BCUT2D eigenvalue weighted by molar-refractivity contribution is -0.161. The Balaban J connectivity index is 1.80. The van der Waals surface area contributed by atoms with Crippen molar-refractivity contribution in [2.24, 2.45) is 5.41 Å². The smallest absolute Gasteiger partial charge is 0.314 e. The molecule has 6 heteroatoms. The fraction of sp³-hybridized carbons (Fsp3) is 0.480. The Morgan fingerprint density at radius 3 is 2.65 bits per heavy atom. The molecule has 1 amide bonds. The first-order valence-corrected chi connectivity index (χ1v) is 10.9. The Hall–Kier alpha value is -2.89. The van der Waals surface area contributed by atoms with Gasteiger partial charge in [0.25, 0.3) is 5.91 Å². The summed E-state index contributed by atoms with van der Waals surface area (Å²) in [7, 11) is 0. The van der Waals surface area contributed by atoms with Crippen molar-refractivity contribution in [3.05, 3.63) is 53.8 Å². The van der Waals surface area contributed by atoms with Gasteiger partial charge < -0.3 is 14.4 Å². The third kappa shape index (κ3) is 5.63. The molecular formula is C25H31NO5. The van der Waals surface area contributed by atoms with E-state index in [9.17, 15) is 14.4 Å². The standard InChI is InChI=1S/C25H31NO5/c1-4-30-23(29)25(13-8-12-19-10-6-5-7-11-19)14-9-15-26(18-25)22(28)21-16-20(27)17-24(2,3)31-21/h5-8,10-12,16H,4,9,13-15,17-18H2,1-3H3. The molecule has 0 saturated carbocycles. The molecule has 3 rings (SSSR count). The maximum Gasteiger partial charge on any atom is 0.314 e. The van der Waals surface area contributed by atoms with Crippen molar-refractivity contribution < 1.29 is 23.9 Å². The normalized spacial score (nSPS) is 23.3. The number of allylic oxidation sites excluding steroid dienone is 2. The van der Waals surface area contributed by atoms with Crippen LogP contribution < -0.4 is 0 Å². The second kappa shape index (κ2) is 9.50. The molecule has 0 N–H and O–H groups in total. The summed E-state index contributed by atoms with van der Waals surface area (Å²) in [6.07, 6.45) is 7.26. The molecule has 1 unspecified atom stereocenters. The molecular weight excluding hydrogens is 394 g/mol. The fourth-order valence-electron chi connectivity index (χ4n) is 4.23. The monoisotopic (exact) mass is 425 g/mol. The van der Waals surface area contributed by atoms with Gasteiger partial charge in [-0.05, 0) is 45.6 Å². The molecule has 0 bridgehead atoms. The molecule has 1 atom stereocenters. The summed E-state index contributed by atoms with van der Waals surface area (Å²) in [6, 6.07) is 9.87. The van der Waals surface area contributed by atoms with Crippen LogP contribution in [0.15, 0.2) is 48.2 Å². The maximum absolute atomic E-state index is 13.2. The molecule has 2 aliphatic heterocycles. The number of piperidine rings is 1. The van der Waals surface area contributed by atoms with Crippen molar-refractivity contribution in [3.8, 4) is 0 Å². The first-order valence-electron chi connectivity index (χ1n) is 10.9. The summed E-state index contributed by atoms with van der Waals surface area (Å²) in [4.78, 5) is 39.8. The van der Waals surface area contributed by atoms with Gasteiger partial charge in [0.1, 0.15) is 5.60 Å². The first kappa shape index (κ1) is 22.8. The van der Waals surface area contributed by atoms with Crippen molar-refractivity contribution in [2.45, 2.75) is 52.1 Å². The minimum absolute atomic E-state index is 0.0562. The Labute approximate surface area is 183 Å². The van der Waals surface area contributed by atoms with Crippen molar-refractivity contribution in [3.63, 3.8) is 0 Å². The summed E-state index contributed by atoms with van der Waals surface area (Å²) >= 11 is 0. The Morgan fingerprint density at radius 1 is 1.23 bits per heavy atom. The lowest BCUT2D eigenvalue weighted by atomic mass is 9.76. The van der Waals surface area contributed by atoms with Gasteiger partial charge in [0.2, 0.25) is 0 Å². The third-order valence-corrected chi connectivity index (χ3v) is 5.68. The molecule has 2 aliphatic rings. The van der Waals surface area contributed by atoms with E-state index in [1.54, 1.807) is 25.7 Å². The summed E-state index contributed by atoms with van der Waals surface area (Å²) < 4.78 is 11.2. The molecule has 0 spiro atoms. The zero-order chi connectivity index (χ0) is 22.5. The number of benzene rings is 1. The quantitative estimate of drug-likeness (QED) is 0.646. The predicted octanol–water partition coefficient (Wildman–Crippen LogP) is 3.91. The van der Waals surface area contributed by atoms with Crippen LogP contribution >= 0.6 is 0 Å². The topological polar surface area (TPSA) is 72.9 Å². The molecule has 31 heavy (non-hydrogen) atoms. The number of nitrogens with zero attached hydrogens (tertiary/aromatic N) is 1. The van der Waals surface area contributed by atoms with E-state index in [-0.39, 0.29) is 43.0 Å². The van der Waals surface area contributed by atoms with E-state index in [1.807, 2.05) is 42.5 Å². The summed E-state index contributed by atoms with van der Waals surface area (Å²) in [6.45, 7) is 6.40. The van der Waals surface area contributed by atoms with Gasteiger partial charge in [-0.1, -0.05) is 42.5 Å². The number of hydrogen-bond donors (Lipinski definition) is 0. The Morgan fingerprint density at radius 2 is 1.97 bits per heavy atom. The molecule has 1 fully saturated rings. The number of ether oxygens (including phenoxy) is 2. The molecule has 166 valence electrons. The van der Waals surface area contributed by atoms with Crippen molar-refractivity contribution in [2.75, 3.05) is 19.7 Å². The van der Waals surface area contributed by atoms with Crippen molar-refractivity contribution in [1.82, 2.24) is 4.90 Å². The molecule has 1 saturated heterocycles. The van der Waals surface area contributed by atoms with E-state index in [0.717, 1.165) is 5.56 Å². The molecule has 2 heterocycles. The average Bonchev–Trinajstić information content (AvgIpc) is 2.73. The SMILES string of the molecule is CCOC(=O)C1(CC=Cc2ccccc2)CCCN(C(=O)C2=CC(=O)CC(C)(C)O2)C1. The van der Waals surface area contributed by atoms with Gasteiger partial charge >= 0.3 is 5.97 Å². The van der Waals surface area contributed by atoms with Gasteiger partial charge in [-0.3, -0.25) is 14.4 Å². The second-order valence-electron chi connectivity index (χ2n) is 8.86. The van der Waals surface area contributed by atoms with Gasteiger partial charge in [-0.15, -0.1) is 0 Å². The highest BCUT2D eigenvalue weighted by molar-refractivity contribution is 6.02. The van der Waals surface area contributed by atoms with Gasteiger partial charge in [-0.25, -0.2) is 0 Å². The van der Waals surface area contributed by atoms with Crippen LogP contribution in [0.25, 0.3) is 6.08 Å². The van der Waals surface area contributed by atoms with Gasteiger partial charge in [0.05, 0.1) is 12.0 Å². The Bertz CT molecular complexity index is 886. The third-order valence-electron chi connectivity index (χ3n) is 5.68. The summed E-state index contributed by atoms with van der Waals surface area (Å²) in [5.41, 5.74) is -0.487. The lowest BCUT2D eigenvalue weighted by Crippen LogP contribution is -2.51. The van der Waals surface area contributed by atoms with E-state index in [1.165, 1.54) is 6.08 Å². The molecule has 1 aromatic rings. The van der Waals surface area contributed by atoms with Crippen LogP contribution in [0, 0.1) is 5.41 Å². The number of carbonyl (C=O) groups is 3. The van der Waals surface area contributed by atoms with E-state index in [2.05, 4.69) is 0 Å². The van der Waals surface area contributed by atoms with Gasteiger partial charge in [0.15, 0.2) is 11.5 Å². The number of rotatable bonds is 6. The number of carbonyl (C=O) groups excluding carboxylic acids is 3. The van der Waals surface area contributed by atoms with Crippen LogP contribution in [0.2, 0.25) is 0 Å². The van der Waals surface area contributed by atoms with Crippen LogP contribution in [0.4, 0.5) is 0 Å². The van der Waals surface area contributed by atoms with Crippen LogP contribution in [-0.4, -0.2) is 47.9 Å².